The highest BCUT2D eigenvalue weighted by atomic mass is 79.9. The van der Waals surface area contributed by atoms with E-state index in [0.29, 0.717) is 28.0 Å². The summed E-state index contributed by atoms with van der Waals surface area (Å²) >= 11 is 9.29. The monoisotopic (exact) mass is 359 g/mol. The summed E-state index contributed by atoms with van der Waals surface area (Å²) < 4.78 is 5.46. The van der Waals surface area contributed by atoms with Crippen molar-refractivity contribution in [1.82, 2.24) is 4.90 Å². The third-order valence-electron chi connectivity index (χ3n) is 3.40. The van der Waals surface area contributed by atoms with Crippen LogP contribution in [0, 0.1) is 0 Å². The van der Waals surface area contributed by atoms with Gasteiger partial charge in [-0.25, -0.2) is 4.79 Å². The molecule has 1 aromatic carbocycles. The van der Waals surface area contributed by atoms with E-state index in [1.54, 1.807) is 23.1 Å². The maximum Gasteiger partial charge on any atom is 0.328 e. The molecular formula is C14H15BrClNO3. The van der Waals surface area contributed by atoms with Crippen molar-refractivity contribution in [2.75, 3.05) is 13.7 Å². The van der Waals surface area contributed by atoms with E-state index >= 15 is 0 Å². The predicted molar refractivity (Wildman–Crippen MR) is 79.8 cm³/mol. The molecule has 4 nitrogen and oxygen atoms in total. The van der Waals surface area contributed by atoms with Crippen molar-refractivity contribution in [3.63, 3.8) is 0 Å². The van der Waals surface area contributed by atoms with Crippen molar-refractivity contribution in [1.29, 1.82) is 0 Å². The molecule has 0 N–H and O–H groups in total. The van der Waals surface area contributed by atoms with Gasteiger partial charge in [-0.1, -0.05) is 11.6 Å². The van der Waals surface area contributed by atoms with Gasteiger partial charge in [-0.2, -0.15) is 0 Å². The van der Waals surface area contributed by atoms with Gasteiger partial charge in [-0.05, 0) is 53.4 Å². The first kappa shape index (κ1) is 15.3. The van der Waals surface area contributed by atoms with Crippen LogP contribution in [0.4, 0.5) is 0 Å². The van der Waals surface area contributed by atoms with Gasteiger partial charge in [0.15, 0.2) is 0 Å². The zero-order valence-electron chi connectivity index (χ0n) is 11.1. The van der Waals surface area contributed by atoms with Gasteiger partial charge >= 0.3 is 5.97 Å². The maximum atomic E-state index is 12.6. The number of carbonyl (C=O) groups excluding carboxylic acids is 2. The number of ether oxygens (including phenoxy) is 1. The van der Waals surface area contributed by atoms with E-state index in [0.717, 1.165) is 12.8 Å². The molecule has 1 atom stereocenters. The number of esters is 1. The summed E-state index contributed by atoms with van der Waals surface area (Å²) in [5.74, 6) is -0.564. The Morgan fingerprint density at radius 3 is 2.85 bits per heavy atom. The molecule has 0 radical (unpaired) electrons. The highest BCUT2D eigenvalue weighted by Crippen LogP contribution is 2.26. The van der Waals surface area contributed by atoms with Gasteiger partial charge in [0, 0.05) is 16.0 Å². The molecule has 1 amide bonds. The van der Waals surface area contributed by atoms with Crippen LogP contribution in [0.3, 0.4) is 0 Å². The first-order chi connectivity index (χ1) is 9.54. The summed E-state index contributed by atoms with van der Waals surface area (Å²) in [7, 11) is 1.34. The first-order valence-corrected chi connectivity index (χ1v) is 7.55. The summed E-state index contributed by atoms with van der Waals surface area (Å²) in [6.45, 7) is 0.553. The van der Waals surface area contributed by atoms with Crippen LogP contribution in [-0.4, -0.2) is 36.5 Å². The van der Waals surface area contributed by atoms with Gasteiger partial charge in [0.25, 0.3) is 5.91 Å². The molecule has 1 saturated heterocycles. The summed E-state index contributed by atoms with van der Waals surface area (Å²) in [5, 5.41) is 0.489. The number of nitrogens with zero attached hydrogens (tertiary/aromatic N) is 1. The zero-order chi connectivity index (χ0) is 14.7. The lowest BCUT2D eigenvalue weighted by molar-refractivity contribution is -0.147. The summed E-state index contributed by atoms with van der Waals surface area (Å²) in [6.07, 6.45) is 2.44. The number of likely N-dealkylation sites (tertiary alicyclic amines) is 1. The number of benzene rings is 1. The normalized spacial score (nSPS) is 18.8. The van der Waals surface area contributed by atoms with Crippen LogP contribution >= 0.6 is 27.5 Å². The van der Waals surface area contributed by atoms with Crippen LogP contribution in [0.5, 0.6) is 0 Å². The molecule has 20 heavy (non-hydrogen) atoms. The molecule has 0 aliphatic carbocycles. The molecule has 1 aliphatic heterocycles. The SMILES string of the molecule is COC(=O)[C@H]1CCCCN1C(=O)c1cc(Cl)ccc1Br. The van der Waals surface area contributed by atoms with Gasteiger partial charge in [0.2, 0.25) is 0 Å². The van der Waals surface area contributed by atoms with Crippen molar-refractivity contribution in [3.8, 4) is 0 Å². The van der Waals surface area contributed by atoms with E-state index in [-0.39, 0.29) is 11.9 Å². The molecule has 0 spiro atoms. The van der Waals surface area contributed by atoms with E-state index in [1.165, 1.54) is 7.11 Å². The number of hydrogen-bond acceptors (Lipinski definition) is 3. The second-order valence-electron chi connectivity index (χ2n) is 4.66. The van der Waals surface area contributed by atoms with Crippen molar-refractivity contribution in [2.45, 2.75) is 25.3 Å². The number of hydrogen-bond donors (Lipinski definition) is 0. The third-order valence-corrected chi connectivity index (χ3v) is 4.32. The molecular weight excluding hydrogens is 346 g/mol. The number of methoxy groups -OCH3 is 1. The minimum Gasteiger partial charge on any atom is -0.467 e. The second-order valence-corrected chi connectivity index (χ2v) is 5.95. The summed E-state index contributed by atoms with van der Waals surface area (Å²) in [4.78, 5) is 26.0. The first-order valence-electron chi connectivity index (χ1n) is 6.38. The molecule has 0 saturated carbocycles. The van der Waals surface area contributed by atoms with Crippen LogP contribution in [0.15, 0.2) is 22.7 Å². The molecule has 1 aromatic rings. The average Bonchev–Trinajstić information content (AvgIpc) is 2.48. The Bertz CT molecular complexity index is 535. The number of piperidine rings is 1. The molecule has 1 heterocycles. The Morgan fingerprint density at radius 1 is 1.40 bits per heavy atom. The second kappa shape index (κ2) is 6.59. The van der Waals surface area contributed by atoms with E-state index in [2.05, 4.69) is 15.9 Å². The standard InChI is InChI=1S/C14H15BrClNO3/c1-20-14(19)12-4-2-3-7-17(12)13(18)10-8-9(16)5-6-11(10)15/h5-6,8,12H,2-4,7H2,1H3/t12-/m1/s1. The maximum absolute atomic E-state index is 12.6. The number of carbonyl (C=O) groups is 2. The minimum atomic E-state index is -0.507. The summed E-state index contributed by atoms with van der Waals surface area (Å²) in [6, 6.07) is 4.53. The Labute approximate surface area is 131 Å². The van der Waals surface area contributed by atoms with Gasteiger partial charge in [0.05, 0.1) is 12.7 Å². The van der Waals surface area contributed by atoms with Gasteiger partial charge in [-0.15, -0.1) is 0 Å². The van der Waals surface area contributed by atoms with Gasteiger partial charge in [0.1, 0.15) is 6.04 Å². The largest absolute Gasteiger partial charge is 0.467 e. The lowest BCUT2D eigenvalue weighted by Crippen LogP contribution is -2.48. The Morgan fingerprint density at radius 2 is 2.15 bits per heavy atom. The molecule has 0 bridgehead atoms. The Balaban J connectivity index is 2.30. The van der Waals surface area contributed by atoms with Crippen molar-refractivity contribution in [3.05, 3.63) is 33.3 Å². The van der Waals surface area contributed by atoms with E-state index < -0.39 is 6.04 Å². The topological polar surface area (TPSA) is 46.6 Å². The van der Waals surface area contributed by atoms with Crippen LogP contribution in [-0.2, 0) is 9.53 Å². The molecule has 2 rings (SSSR count). The molecule has 0 aromatic heterocycles. The van der Waals surface area contributed by atoms with Gasteiger partial charge < -0.3 is 9.64 Å². The number of halogens is 2. The highest BCUT2D eigenvalue weighted by Gasteiger charge is 2.33. The van der Waals surface area contributed by atoms with Crippen molar-refractivity contribution < 1.29 is 14.3 Å². The molecule has 6 heteroatoms. The minimum absolute atomic E-state index is 0.200. The van der Waals surface area contributed by atoms with Crippen LogP contribution < -0.4 is 0 Å². The van der Waals surface area contributed by atoms with Crippen molar-refractivity contribution in [2.24, 2.45) is 0 Å². The fourth-order valence-corrected chi connectivity index (χ4v) is 2.96. The molecule has 1 aliphatic rings. The van der Waals surface area contributed by atoms with E-state index in [4.69, 9.17) is 16.3 Å². The van der Waals surface area contributed by atoms with Gasteiger partial charge in [-0.3, -0.25) is 4.79 Å². The lowest BCUT2D eigenvalue weighted by atomic mass is 10.0. The third kappa shape index (κ3) is 3.15. The lowest BCUT2D eigenvalue weighted by Gasteiger charge is -2.34. The zero-order valence-corrected chi connectivity index (χ0v) is 13.4. The Kier molecular flexibility index (Phi) is 5.05. The summed E-state index contributed by atoms with van der Waals surface area (Å²) in [5.41, 5.74) is 0.466. The number of amides is 1. The fourth-order valence-electron chi connectivity index (χ4n) is 2.37. The van der Waals surface area contributed by atoms with Crippen molar-refractivity contribution >= 4 is 39.4 Å². The smallest absolute Gasteiger partial charge is 0.328 e. The number of rotatable bonds is 2. The van der Waals surface area contributed by atoms with E-state index in [9.17, 15) is 9.59 Å². The molecule has 108 valence electrons. The highest BCUT2D eigenvalue weighted by molar-refractivity contribution is 9.10. The van der Waals surface area contributed by atoms with E-state index in [1.807, 2.05) is 0 Å². The Hall–Kier alpha value is -1.07. The predicted octanol–water partition coefficient (Wildman–Crippen LogP) is 3.27. The van der Waals surface area contributed by atoms with Crippen LogP contribution in [0.2, 0.25) is 5.02 Å². The molecule has 1 fully saturated rings. The van der Waals surface area contributed by atoms with Crippen LogP contribution in [0.25, 0.3) is 0 Å². The quantitative estimate of drug-likeness (QED) is 0.761. The van der Waals surface area contributed by atoms with Crippen LogP contribution in [0.1, 0.15) is 29.6 Å². The molecule has 0 unspecified atom stereocenters. The average molecular weight is 361 g/mol. The fraction of sp³-hybridized carbons (Fsp3) is 0.429.